The van der Waals surface area contributed by atoms with Gasteiger partial charge in [0, 0.05) is 37.6 Å². The molecule has 0 aliphatic carbocycles. The first kappa shape index (κ1) is 21.5. The predicted octanol–water partition coefficient (Wildman–Crippen LogP) is 4.59. The van der Waals surface area contributed by atoms with Crippen molar-refractivity contribution in [2.24, 2.45) is 0 Å². The molecule has 0 spiro atoms. The summed E-state index contributed by atoms with van der Waals surface area (Å²) in [5.41, 5.74) is 2.18. The van der Waals surface area contributed by atoms with Gasteiger partial charge in [-0.05, 0) is 53.6 Å². The van der Waals surface area contributed by atoms with Crippen LogP contribution in [0, 0.1) is 11.6 Å². The van der Waals surface area contributed by atoms with E-state index < -0.39 is 11.6 Å². The predicted molar refractivity (Wildman–Crippen MR) is 110 cm³/mol. The molecular formula is C23H24F2N2O3. The maximum atomic E-state index is 14.3. The number of hydrogen-bond acceptors (Lipinski definition) is 5. The normalized spacial score (nSPS) is 10.9. The van der Waals surface area contributed by atoms with E-state index in [1.807, 2.05) is 29.2 Å². The maximum Gasteiger partial charge on any atom is 0.203 e. The highest BCUT2D eigenvalue weighted by Crippen LogP contribution is 2.38. The van der Waals surface area contributed by atoms with Crippen molar-refractivity contribution < 1.29 is 23.0 Å². The summed E-state index contributed by atoms with van der Waals surface area (Å²) in [6, 6.07) is 11.0. The number of ether oxygens (including phenoxy) is 3. The first-order chi connectivity index (χ1) is 14.5. The Labute approximate surface area is 174 Å². The van der Waals surface area contributed by atoms with Crippen LogP contribution in [-0.4, -0.2) is 31.2 Å². The van der Waals surface area contributed by atoms with Gasteiger partial charge >= 0.3 is 0 Å². The van der Waals surface area contributed by atoms with Gasteiger partial charge in [-0.15, -0.1) is 0 Å². The lowest BCUT2D eigenvalue weighted by Crippen LogP contribution is -2.23. The van der Waals surface area contributed by atoms with E-state index in [0.29, 0.717) is 30.3 Å². The molecule has 0 unspecified atom stereocenters. The Kier molecular flexibility index (Phi) is 7.19. The maximum absolute atomic E-state index is 14.3. The zero-order chi connectivity index (χ0) is 21.5. The van der Waals surface area contributed by atoms with Gasteiger partial charge in [-0.25, -0.2) is 8.78 Å². The lowest BCUT2D eigenvalue weighted by atomic mass is 10.1. The zero-order valence-electron chi connectivity index (χ0n) is 17.2. The third kappa shape index (κ3) is 5.24. The summed E-state index contributed by atoms with van der Waals surface area (Å²) in [6.07, 6.45) is 3.41. The highest BCUT2D eigenvalue weighted by Gasteiger charge is 2.17. The molecule has 0 N–H and O–H groups in total. The first-order valence-corrected chi connectivity index (χ1v) is 9.38. The molecule has 3 aromatic rings. The van der Waals surface area contributed by atoms with Crippen LogP contribution in [0.5, 0.6) is 17.2 Å². The molecule has 158 valence electrons. The summed E-state index contributed by atoms with van der Waals surface area (Å²) in [4.78, 5) is 6.04. The van der Waals surface area contributed by atoms with E-state index in [1.54, 1.807) is 33.7 Å². The highest BCUT2D eigenvalue weighted by atomic mass is 19.1. The molecule has 0 aliphatic heterocycles. The van der Waals surface area contributed by atoms with Crippen molar-refractivity contribution in [3.63, 3.8) is 0 Å². The molecule has 0 radical (unpaired) electrons. The fraction of sp³-hybridized carbons (Fsp3) is 0.261. The van der Waals surface area contributed by atoms with Crippen LogP contribution in [0.15, 0.2) is 54.9 Å². The Balaban J connectivity index is 1.93. The molecule has 0 aliphatic rings. The molecule has 0 saturated heterocycles. The van der Waals surface area contributed by atoms with Crippen molar-refractivity contribution in [3.8, 4) is 17.2 Å². The van der Waals surface area contributed by atoms with Gasteiger partial charge in [0.2, 0.25) is 5.75 Å². The Morgan fingerprint density at radius 3 is 2.00 bits per heavy atom. The van der Waals surface area contributed by atoms with Crippen LogP contribution in [0.1, 0.15) is 16.7 Å². The molecule has 7 heteroatoms. The lowest BCUT2D eigenvalue weighted by Gasteiger charge is -2.24. The van der Waals surface area contributed by atoms with Gasteiger partial charge in [0.1, 0.15) is 11.6 Å². The zero-order valence-corrected chi connectivity index (χ0v) is 17.2. The van der Waals surface area contributed by atoms with Crippen molar-refractivity contribution in [2.75, 3.05) is 21.3 Å². The summed E-state index contributed by atoms with van der Waals surface area (Å²) in [6.45, 7) is 1.20. The lowest BCUT2D eigenvalue weighted by molar-refractivity contribution is 0.242. The molecule has 30 heavy (non-hydrogen) atoms. The second-order valence-corrected chi connectivity index (χ2v) is 6.77. The van der Waals surface area contributed by atoms with Gasteiger partial charge < -0.3 is 14.2 Å². The third-order valence-electron chi connectivity index (χ3n) is 4.69. The fourth-order valence-corrected chi connectivity index (χ4v) is 3.30. The first-order valence-electron chi connectivity index (χ1n) is 9.38. The van der Waals surface area contributed by atoms with Crippen LogP contribution >= 0.6 is 0 Å². The Morgan fingerprint density at radius 1 is 0.767 bits per heavy atom. The van der Waals surface area contributed by atoms with Crippen molar-refractivity contribution in [1.29, 1.82) is 0 Å². The van der Waals surface area contributed by atoms with Crippen molar-refractivity contribution in [1.82, 2.24) is 9.88 Å². The smallest absolute Gasteiger partial charge is 0.203 e. The summed E-state index contributed by atoms with van der Waals surface area (Å²) in [5.74, 6) is 0.657. The van der Waals surface area contributed by atoms with Crippen LogP contribution in [-0.2, 0) is 19.6 Å². The van der Waals surface area contributed by atoms with Gasteiger partial charge in [0.05, 0.1) is 21.3 Å². The molecule has 1 aromatic heterocycles. The molecule has 0 atom stereocenters. The van der Waals surface area contributed by atoms with E-state index in [1.165, 1.54) is 6.07 Å². The Hall–Kier alpha value is -3.19. The molecule has 0 saturated carbocycles. The van der Waals surface area contributed by atoms with E-state index in [0.717, 1.165) is 23.3 Å². The minimum absolute atomic E-state index is 0.225. The minimum atomic E-state index is -0.469. The molecule has 0 amide bonds. The van der Waals surface area contributed by atoms with Crippen LogP contribution in [0.4, 0.5) is 8.78 Å². The number of methoxy groups -OCH3 is 3. The average Bonchev–Trinajstić information content (AvgIpc) is 2.76. The second-order valence-electron chi connectivity index (χ2n) is 6.77. The number of nitrogens with zero attached hydrogens (tertiary/aromatic N) is 2. The fourth-order valence-electron chi connectivity index (χ4n) is 3.30. The number of rotatable bonds is 9. The Bertz CT molecular complexity index is 958. The molecular weight excluding hydrogens is 390 g/mol. The number of hydrogen-bond donors (Lipinski definition) is 0. The van der Waals surface area contributed by atoms with E-state index in [9.17, 15) is 8.78 Å². The summed E-state index contributed by atoms with van der Waals surface area (Å²) >= 11 is 0. The quantitative estimate of drug-likeness (QED) is 0.513. The summed E-state index contributed by atoms with van der Waals surface area (Å²) in [5, 5.41) is 0. The van der Waals surface area contributed by atoms with Gasteiger partial charge in [0.25, 0.3) is 0 Å². The van der Waals surface area contributed by atoms with Crippen LogP contribution in [0.3, 0.4) is 0 Å². The van der Waals surface area contributed by atoms with E-state index in [4.69, 9.17) is 14.2 Å². The minimum Gasteiger partial charge on any atom is -0.493 e. The van der Waals surface area contributed by atoms with Crippen molar-refractivity contribution >= 4 is 0 Å². The average molecular weight is 414 g/mol. The largest absolute Gasteiger partial charge is 0.493 e. The summed E-state index contributed by atoms with van der Waals surface area (Å²) in [7, 11) is 4.65. The van der Waals surface area contributed by atoms with Gasteiger partial charge in [-0.3, -0.25) is 9.88 Å². The molecule has 2 aromatic carbocycles. The van der Waals surface area contributed by atoms with Crippen LogP contribution < -0.4 is 14.2 Å². The standard InChI is InChI=1S/C23H24F2N2O3/c1-28-21-10-17(11-22(29-2)23(21)30-3)14-27(13-16-6-8-26-9-7-16)15-18-12-19(24)4-5-20(18)25/h4-12H,13-15H2,1-3H3. The van der Waals surface area contributed by atoms with E-state index in [2.05, 4.69) is 4.98 Å². The highest BCUT2D eigenvalue weighted by molar-refractivity contribution is 5.53. The van der Waals surface area contributed by atoms with Gasteiger partial charge in [-0.2, -0.15) is 0 Å². The number of benzene rings is 2. The SMILES string of the molecule is COc1cc(CN(Cc2ccncc2)Cc2cc(F)ccc2F)cc(OC)c1OC. The number of pyridine rings is 1. The topological polar surface area (TPSA) is 43.8 Å². The number of aromatic nitrogens is 1. The van der Waals surface area contributed by atoms with E-state index in [-0.39, 0.29) is 12.1 Å². The van der Waals surface area contributed by atoms with Gasteiger partial charge in [-0.1, -0.05) is 0 Å². The summed E-state index contributed by atoms with van der Waals surface area (Å²) < 4.78 is 44.2. The van der Waals surface area contributed by atoms with E-state index >= 15 is 0 Å². The third-order valence-corrected chi connectivity index (χ3v) is 4.69. The van der Waals surface area contributed by atoms with Gasteiger partial charge in [0.15, 0.2) is 11.5 Å². The number of halogens is 2. The Morgan fingerprint density at radius 2 is 1.40 bits per heavy atom. The molecule has 3 rings (SSSR count). The van der Waals surface area contributed by atoms with Crippen molar-refractivity contribution in [2.45, 2.75) is 19.6 Å². The molecule has 1 heterocycles. The van der Waals surface area contributed by atoms with Crippen LogP contribution in [0.25, 0.3) is 0 Å². The molecule has 5 nitrogen and oxygen atoms in total. The molecule has 0 fully saturated rings. The van der Waals surface area contributed by atoms with Crippen LogP contribution in [0.2, 0.25) is 0 Å². The van der Waals surface area contributed by atoms with Crippen molar-refractivity contribution in [3.05, 3.63) is 83.2 Å². The second kappa shape index (κ2) is 10.0. The molecule has 0 bridgehead atoms. The monoisotopic (exact) mass is 414 g/mol.